The average Bonchev–Trinajstić information content (AvgIpc) is 3.08. The average molecular weight is 560 g/mol. The highest BCUT2D eigenvalue weighted by Gasteiger charge is 2.12. The number of hydrogen-bond donors (Lipinski definition) is 0. The van der Waals surface area contributed by atoms with Gasteiger partial charge in [-0.3, -0.25) is 9.98 Å². The van der Waals surface area contributed by atoms with E-state index in [1.807, 2.05) is 85.9 Å². The highest BCUT2D eigenvalue weighted by molar-refractivity contribution is 5.87. The highest BCUT2D eigenvalue weighted by Crippen LogP contribution is 2.31. The Kier molecular flexibility index (Phi) is 8.18. The second kappa shape index (κ2) is 12.8. The van der Waals surface area contributed by atoms with Gasteiger partial charge in [-0.2, -0.15) is 0 Å². The van der Waals surface area contributed by atoms with E-state index in [0.717, 1.165) is 61.6 Å². The van der Waals surface area contributed by atoms with Gasteiger partial charge in [0.2, 0.25) is 0 Å². The molecule has 6 nitrogen and oxygen atoms in total. The maximum atomic E-state index is 6.21. The summed E-state index contributed by atoms with van der Waals surface area (Å²) in [7, 11) is 0. The fourth-order valence-electron chi connectivity index (χ4n) is 4.73. The Hall–Kier alpha value is -5.75. The first kappa shape index (κ1) is 27.4. The number of fused-ring (bicyclic) bond motifs is 1. The molecule has 208 valence electrons. The van der Waals surface area contributed by atoms with Crippen LogP contribution in [0.15, 0.2) is 139 Å². The van der Waals surface area contributed by atoms with E-state index in [0.29, 0.717) is 12.4 Å². The molecule has 3 heterocycles. The summed E-state index contributed by atoms with van der Waals surface area (Å²) in [4.78, 5) is 22.9. The highest BCUT2D eigenvalue weighted by atomic mass is 16.5. The molecule has 3 aromatic carbocycles. The van der Waals surface area contributed by atoms with Gasteiger partial charge in [0.15, 0.2) is 5.82 Å². The summed E-state index contributed by atoms with van der Waals surface area (Å²) in [5.41, 5.74) is 8.14. The van der Waals surface area contributed by atoms with Gasteiger partial charge in [-0.15, -0.1) is 0 Å². The van der Waals surface area contributed by atoms with Gasteiger partial charge < -0.3 is 4.74 Å². The smallest absolute Gasteiger partial charge is 0.156 e. The van der Waals surface area contributed by atoms with E-state index < -0.39 is 0 Å². The lowest BCUT2D eigenvalue weighted by molar-refractivity contribution is 0.309. The van der Waals surface area contributed by atoms with Crippen LogP contribution in [0.1, 0.15) is 18.3 Å². The third kappa shape index (κ3) is 6.44. The minimum absolute atomic E-state index is 0.477. The minimum atomic E-state index is 0.477. The predicted molar refractivity (Wildman–Crippen MR) is 175 cm³/mol. The van der Waals surface area contributed by atoms with Crippen LogP contribution >= 0.6 is 0 Å². The molecule has 0 atom stereocenters. The van der Waals surface area contributed by atoms with Crippen molar-refractivity contribution in [3.8, 4) is 39.5 Å². The van der Waals surface area contributed by atoms with Gasteiger partial charge in [0, 0.05) is 40.7 Å². The van der Waals surface area contributed by atoms with Gasteiger partial charge in [-0.1, -0.05) is 72.8 Å². The Morgan fingerprint density at radius 2 is 1.53 bits per heavy atom. The lowest BCUT2D eigenvalue weighted by atomic mass is 10.0. The number of aliphatic imine (C=N–C) groups is 1. The number of benzene rings is 3. The quantitative estimate of drug-likeness (QED) is 0.131. The third-order valence-corrected chi connectivity index (χ3v) is 6.95. The molecule has 3 aromatic heterocycles. The summed E-state index contributed by atoms with van der Waals surface area (Å²) in [6.07, 6.45) is 8.94. The number of para-hydroxylation sites is 1. The second-order valence-electron chi connectivity index (χ2n) is 9.96. The summed E-state index contributed by atoms with van der Waals surface area (Å²) < 4.78 is 6.21. The standard InChI is InChI=1S/C37H29N5O/c1-26(10-8-20-38-2)37-41-33(23-34(42-37)31-16-9-21-39-24-31)30-15-6-14-29(22-30)32-19-18-28-13-7-17-35(36(28)40-32)43-25-27-11-4-3-5-12-27/h3-24H,2,25H2,1H3/b20-8-,26-10+. The van der Waals surface area contributed by atoms with E-state index in [1.165, 1.54) is 0 Å². The summed E-state index contributed by atoms with van der Waals surface area (Å²) in [6.45, 7) is 5.95. The number of allylic oxidation sites excluding steroid dienone is 3. The Labute approximate surface area is 250 Å². The molecule has 0 amide bonds. The normalized spacial score (nSPS) is 11.6. The number of rotatable bonds is 9. The van der Waals surface area contributed by atoms with Gasteiger partial charge in [-0.25, -0.2) is 15.0 Å². The van der Waals surface area contributed by atoms with Crippen molar-refractivity contribution >= 4 is 23.2 Å². The van der Waals surface area contributed by atoms with Crippen LogP contribution in [0.5, 0.6) is 5.75 Å². The summed E-state index contributed by atoms with van der Waals surface area (Å²) in [5.74, 6) is 1.38. The molecule has 0 radical (unpaired) electrons. The molecule has 0 N–H and O–H groups in total. The van der Waals surface area contributed by atoms with Crippen molar-refractivity contribution in [3.63, 3.8) is 0 Å². The SMILES string of the molecule is C=N/C=C\C=C(/C)c1nc(-c2cccnc2)cc(-c2cccc(-c3ccc4cccc(OCc5ccccc5)c4n3)c2)n1. The van der Waals surface area contributed by atoms with Gasteiger partial charge in [-0.05, 0) is 67.3 Å². The summed E-state index contributed by atoms with van der Waals surface area (Å²) in [6, 6.07) is 34.4. The number of aromatic nitrogens is 4. The Morgan fingerprint density at radius 1 is 0.767 bits per heavy atom. The molecule has 0 spiro atoms. The van der Waals surface area contributed by atoms with Crippen LogP contribution in [-0.2, 0) is 6.61 Å². The molecule has 0 aliphatic heterocycles. The van der Waals surface area contributed by atoms with Crippen LogP contribution in [-0.4, -0.2) is 26.7 Å². The van der Waals surface area contributed by atoms with Crippen LogP contribution in [0.4, 0.5) is 0 Å². The molecule has 6 rings (SSSR count). The van der Waals surface area contributed by atoms with Crippen molar-refractivity contribution in [2.75, 3.05) is 0 Å². The van der Waals surface area contributed by atoms with Crippen molar-refractivity contribution in [2.24, 2.45) is 4.99 Å². The monoisotopic (exact) mass is 559 g/mol. The third-order valence-electron chi connectivity index (χ3n) is 6.95. The van der Waals surface area contributed by atoms with E-state index in [4.69, 9.17) is 19.7 Å². The predicted octanol–water partition coefficient (Wildman–Crippen LogP) is 8.62. The first-order chi connectivity index (χ1) is 21.2. The maximum absolute atomic E-state index is 6.21. The first-order valence-electron chi connectivity index (χ1n) is 13.9. The van der Waals surface area contributed by atoms with Crippen LogP contribution in [0.3, 0.4) is 0 Å². The zero-order chi connectivity index (χ0) is 29.4. The number of nitrogens with zero attached hydrogens (tertiary/aromatic N) is 5. The molecule has 0 saturated carbocycles. The van der Waals surface area contributed by atoms with E-state index in [1.54, 1.807) is 12.4 Å². The van der Waals surface area contributed by atoms with Gasteiger partial charge in [0.05, 0.1) is 17.1 Å². The van der Waals surface area contributed by atoms with Gasteiger partial charge in [0.1, 0.15) is 17.9 Å². The van der Waals surface area contributed by atoms with Crippen molar-refractivity contribution in [3.05, 3.63) is 145 Å². The second-order valence-corrected chi connectivity index (χ2v) is 9.96. The van der Waals surface area contributed by atoms with E-state index in [-0.39, 0.29) is 0 Å². The lowest BCUT2D eigenvalue weighted by Crippen LogP contribution is -1.98. The lowest BCUT2D eigenvalue weighted by Gasteiger charge is -2.12. The molecule has 6 heteroatoms. The Bertz CT molecular complexity index is 1950. The molecule has 43 heavy (non-hydrogen) atoms. The van der Waals surface area contributed by atoms with Gasteiger partial charge in [0.25, 0.3) is 0 Å². The van der Waals surface area contributed by atoms with Crippen molar-refractivity contribution in [1.82, 2.24) is 19.9 Å². The molecule has 0 saturated heterocycles. The molecule has 0 fully saturated rings. The molecule has 0 aliphatic rings. The zero-order valence-corrected chi connectivity index (χ0v) is 23.8. The molecule has 0 aliphatic carbocycles. The summed E-state index contributed by atoms with van der Waals surface area (Å²) in [5, 5.41) is 1.02. The number of pyridine rings is 2. The number of ether oxygens (including phenoxy) is 1. The zero-order valence-electron chi connectivity index (χ0n) is 23.8. The maximum Gasteiger partial charge on any atom is 0.156 e. The largest absolute Gasteiger partial charge is 0.487 e. The van der Waals surface area contributed by atoms with E-state index >= 15 is 0 Å². The van der Waals surface area contributed by atoms with Crippen molar-refractivity contribution in [1.29, 1.82) is 0 Å². The molecule has 6 aromatic rings. The van der Waals surface area contributed by atoms with Crippen LogP contribution in [0.25, 0.3) is 50.2 Å². The van der Waals surface area contributed by atoms with Crippen molar-refractivity contribution in [2.45, 2.75) is 13.5 Å². The molecular formula is C37H29N5O. The van der Waals surface area contributed by atoms with Crippen LogP contribution in [0, 0.1) is 0 Å². The van der Waals surface area contributed by atoms with Crippen LogP contribution < -0.4 is 4.74 Å². The van der Waals surface area contributed by atoms with E-state index in [2.05, 4.69) is 59.2 Å². The van der Waals surface area contributed by atoms with E-state index in [9.17, 15) is 0 Å². The Balaban J connectivity index is 1.38. The molecule has 0 unspecified atom stereocenters. The van der Waals surface area contributed by atoms with Gasteiger partial charge >= 0.3 is 0 Å². The molecule has 0 bridgehead atoms. The fraction of sp³-hybridized carbons (Fsp3) is 0.0541. The van der Waals surface area contributed by atoms with Crippen molar-refractivity contribution < 1.29 is 4.74 Å². The minimum Gasteiger partial charge on any atom is -0.487 e. The molecular weight excluding hydrogens is 530 g/mol. The summed E-state index contributed by atoms with van der Waals surface area (Å²) >= 11 is 0. The first-order valence-corrected chi connectivity index (χ1v) is 13.9. The van der Waals surface area contributed by atoms with Crippen LogP contribution in [0.2, 0.25) is 0 Å². The number of hydrogen-bond acceptors (Lipinski definition) is 6. The fourth-order valence-corrected chi connectivity index (χ4v) is 4.73. The topological polar surface area (TPSA) is 73.2 Å². The Morgan fingerprint density at radius 3 is 2.33 bits per heavy atom.